The maximum absolute atomic E-state index is 12.2. The molecule has 1 aliphatic heterocycles. The fourth-order valence-electron chi connectivity index (χ4n) is 3.88. The Morgan fingerprint density at radius 1 is 1.32 bits per heavy atom. The van der Waals surface area contributed by atoms with Gasteiger partial charge in [0.05, 0.1) is 5.69 Å². The van der Waals surface area contributed by atoms with E-state index >= 15 is 0 Å². The molecule has 1 fully saturated rings. The zero-order valence-electron chi connectivity index (χ0n) is 17.2. The number of likely N-dealkylation sites (tertiary alicyclic amines) is 1. The fraction of sp³-hybridized carbons (Fsp3) is 0.545. The summed E-state index contributed by atoms with van der Waals surface area (Å²) in [4.78, 5) is 14.7. The van der Waals surface area contributed by atoms with Crippen molar-refractivity contribution in [2.24, 2.45) is 5.92 Å². The largest absolute Gasteiger partial charge is 0.361 e. The molecule has 152 valence electrons. The molecule has 6 nitrogen and oxygen atoms in total. The summed E-state index contributed by atoms with van der Waals surface area (Å²) in [5.41, 5.74) is 3.36. The lowest BCUT2D eigenvalue weighted by atomic mass is 10.1. The highest BCUT2D eigenvalue weighted by Gasteiger charge is 2.23. The Kier molecular flexibility index (Phi) is 7.09. The lowest BCUT2D eigenvalue weighted by Crippen LogP contribution is -2.43. The second-order valence-electron chi connectivity index (χ2n) is 7.95. The van der Waals surface area contributed by atoms with Gasteiger partial charge in [-0.2, -0.15) is 0 Å². The van der Waals surface area contributed by atoms with E-state index in [0.717, 1.165) is 62.5 Å². The SMILES string of the molecule is Cc1noc(C)c1CC(C)NC(=O)NCC1CCN(CCc2ccccc2)C1. The number of aromatic nitrogens is 1. The monoisotopic (exact) mass is 384 g/mol. The van der Waals surface area contributed by atoms with Crippen molar-refractivity contribution >= 4 is 6.03 Å². The summed E-state index contributed by atoms with van der Waals surface area (Å²) in [7, 11) is 0. The van der Waals surface area contributed by atoms with Crippen molar-refractivity contribution in [3.05, 3.63) is 52.9 Å². The minimum Gasteiger partial charge on any atom is -0.361 e. The summed E-state index contributed by atoms with van der Waals surface area (Å²) in [5, 5.41) is 10.0. The number of carbonyl (C=O) groups excluding carboxylic acids is 1. The van der Waals surface area contributed by atoms with Gasteiger partial charge in [-0.1, -0.05) is 35.5 Å². The van der Waals surface area contributed by atoms with E-state index in [9.17, 15) is 4.79 Å². The Bertz CT molecular complexity index is 740. The first-order valence-corrected chi connectivity index (χ1v) is 10.2. The average Bonchev–Trinajstić information content (AvgIpc) is 3.27. The van der Waals surface area contributed by atoms with Crippen molar-refractivity contribution < 1.29 is 9.32 Å². The maximum Gasteiger partial charge on any atom is 0.315 e. The third-order valence-electron chi connectivity index (χ3n) is 5.55. The molecular formula is C22H32N4O2. The number of rotatable bonds is 8. The van der Waals surface area contributed by atoms with Crippen molar-refractivity contribution in [1.82, 2.24) is 20.7 Å². The molecular weight excluding hydrogens is 352 g/mol. The van der Waals surface area contributed by atoms with Crippen LogP contribution in [0.1, 0.15) is 35.9 Å². The molecule has 2 unspecified atom stereocenters. The predicted molar refractivity (Wildman–Crippen MR) is 110 cm³/mol. The number of benzene rings is 1. The van der Waals surface area contributed by atoms with E-state index in [0.29, 0.717) is 5.92 Å². The molecule has 0 radical (unpaired) electrons. The summed E-state index contributed by atoms with van der Waals surface area (Å²) in [6, 6.07) is 10.5. The van der Waals surface area contributed by atoms with E-state index in [1.807, 2.05) is 20.8 Å². The molecule has 2 heterocycles. The topological polar surface area (TPSA) is 70.4 Å². The van der Waals surface area contributed by atoms with Crippen molar-refractivity contribution in [3.63, 3.8) is 0 Å². The van der Waals surface area contributed by atoms with Gasteiger partial charge in [0.15, 0.2) is 0 Å². The molecule has 0 aliphatic carbocycles. The van der Waals surface area contributed by atoms with Crippen molar-refractivity contribution in [2.75, 3.05) is 26.2 Å². The van der Waals surface area contributed by atoms with Crippen molar-refractivity contribution in [2.45, 2.75) is 46.1 Å². The lowest BCUT2D eigenvalue weighted by Gasteiger charge is -2.18. The number of amides is 2. The number of carbonyl (C=O) groups is 1. The van der Waals surface area contributed by atoms with Crippen LogP contribution in [0.5, 0.6) is 0 Å². The van der Waals surface area contributed by atoms with Gasteiger partial charge in [-0.3, -0.25) is 0 Å². The van der Waals surface area contributed by atoms with Crippen LogP contribution in [0.15, 0.2) is 34.9 Å². The minimum atomic E-state index is -0.0954. The van der Waals surface area contributed by atoms with E-state index in [1.165, 1.54) is 5.56 Å². The van der Waals surface area contributed by atoms with Gasteiger partial charge in [0.1, 0.15) is 5.76 Å². The molecule has 0 saturated carbocycles. The molecule has 1 aromatic carbocycles. The molecule has 1 aromatic heterocycles. The summed E-state index contributed by atoms with van der Waals surface area (Å²) in [6.45, 7) is 9.83. The van der Waals surface area contributed by atoms with Crippen LogP contribution in [0.25, 0.3) is 0 Å². The molecule has 2 N–H and O–H groups in total. The Morgan fingerprint density at radius 3 is 2.82 bits per heavy atom. The first-order valence-electron chi connectivity index (χ1n) is 10.2. The number of hydrogen-bond donors (Lipinski definition) is 2. The number of hydrogen-bond acceptors (Lipinski definition) is 4. The smallest absolute Gasteiger partial charge is 0.315 e. The van der Waals surface area contributed by atoms with Crippen molar-refractivity contribution in [1.29, 1.82) is 0 Å². The zero-order valence-corrected chi connectivity index (χ0v) is 17.2. The maximum atomic E-state index is 12.2. The summed E-state index contributed by atoms with van der Waals surface area (Å²) in [6.07, 6.45) is 2.95. The Morgan fingerprint density at radius 2 is 2.11 bits per heavy atom. The van der Waals surface area contributed by atoms with E-state index in [1.54, 1.807) is 0 Å². The number of aryl methyl sites for hydroxylation is 2. The van der Waals surface area contributed by atoms with Gasteiger partial charge in [-0.05, 0) is 58.1 Å². The first kappa shape index (κ1) is 20.4. The van der Waals surface area contributed by atoms with Gasteiger partial charge in [0, 0.05) is 31.2 Å². The van der Waals surface area contributed by atoms with Crippen LogP contribution >= 0.6 is 0 Å². The van der Waals surface area contributed by atoms with E-state index < -0.39 is 0 Å². The molecule has 1 saturated heterocycles. The molecule has 2 atom stereocenters. The average molecular weight is 385 g/mol. The molecule has 2 amide bonds. The summed E-state index contributed by atoms with van der Waals surface area (Å²) in [5.74, 6) is 1.35. The molecule has 0 spiro atoms. The van der Waals surface area contributed by atoms with E-state index in [-0.39, 0.29) is 12.1 Å². The molecule has 6 heteroatoms. The summed E-state index contributed by atoms with van der Waals surface area (Å²) < 4.78 is 5.19. The summed E-state index contributed by atoms with van der Waals surface area (Å²) >= 11 is 0. The highest BCUT2D eigenvalue weighted by Crippen LogP contribution is 2.16. The van der Waals surface area contributed by atoms with E-state index in [4.69, 9.17) is 4.52 Å². The Labute approximate surface area is 167 Å². The van der Waals surface area contributed by atoms with E-state index in [2.05, 4.69) is 51.0 Å². The highest BCUT2D eigenvalue weighted by molar-refractivity contribution is 5.74. The van der Waals surface area contributed by atoms with Crippen LogP contribution in [0.2, 0.25) is 0 Å². The van der Waals surface area contributed by atoms with Gasteiger partial charge in [0.2, 0.25) is 0 Å². The standard InChI is InChI=1S/C22H32N4O2/c1-16(13-21-17(2)25-28-18(21)3)24-22(27)23-14-20-10-12-26(15-20)11-9-19-7-5-4-6-8-19/h4-8,16,20H,9-15H2,1-3H3,(H2,23,24,27). The Balaban J connectivity index is 1.33. The lowest BCUT2D eigenvalue weighted by molar-refractivity contribution is 0.235. The molecule has 0 bridgehead atoms. The van der Waals surface area contributed by atoms with Gasteiger partial charge >= 0.3 is 6.03 Å². The third kappa shape index (κ3) is 5.83. The first-order chi connectivity index (χ1) is 13.5. The normalized spacial score (nSPS) is 18.2. The van der Waals surface area contributed by atoms with Gasteiger partial charge in [0.25, 0.3) is 0 Å². The highest BCUT2D eigenvalue weighted by atomic mass is 16.5. The van der Waals surface area contributed by atoms with Gasteiger partial charge < -0.3 is 20.1 Å². The second kappa shape index (κ2) is 9.73. The minimum absolute atomic E-state index is 0.0303. The van der Waals surface area contributed by atoms with Gasteiger partial charge in [-0.25, -0.2) is 4.79 Å². The van der Waals surface area contributed by atoms with Gasteiger partial charge in [-0.15, -0.1) is 0 Å². The number of nitrogens with zero attached hydrogens (tertiary/aromatic N) is 2. The van der Waals surface area contributed by atoms with Crippen LogP contribution in [0.3, 0.4) is 0 Å². The second-order valence-corrected chi connectivity index (χ2v) is 7.95. The molecule has 1 aliphatic rings. The number of nitrogens with one attached hydrogen (secondary N) is 2. The van der Waals surface area contributed by atoms with Crippen LogP contribution in [-0.2, 0) is 12.8 Å². The number of urea groups is 1. The zero-order chi connectivity index (χ0) is 19.9. The Hall–Kier alpha value is -2.34. The van der Waals surface area contributed by atoms with Crippen LogP contribution < -0.4 is 10.6 Å². The predicted octanol–water partition coefficient (Wildman–Crippen LogP) is 3.09. The molecule has 3 rings (SSSR count). The molecule has 2 aromatic rings. The molecule has 28 heavy (non-hydrogen) atoms. The van der Waals surface area contributed by atoms with Crippen LogP contribution in [-0.4, -0.2) is 48.3 Å². The quantitative estimate of drug-likeness (QED) is 0.734. The third-order valence-corrected chi connectivity index (χ3v) is 5.55. The van der Waals surface area contributed by atoms with Crippen LogP contribution in [0, 0.1) is 19.8 Å². The van der Waals surface area contributed by atoms with Crippen LogP contribution in [0.4, 0.5) is 4.79 Å². The fourth-order valence-corrected chi connectivity index (χ4v) is 3.88. The van der Waals surface area contributed by atoms with Crippen molar-refractivity contribution in [3.8, 4) is 0 Å².